The van der Waals surface area contributed by atoms with Gasteiger partial charge in [0.1, 0.15) is 0 Å². The number of carbonyl (C=O) groups is 1. The highest BCUT2D eigenvalue weighted by atomic mass is 79.9. The second-order valence-corrected chi connectivity index (χ2v) is 7.16. The highest BCUT2D eigenvalue weighted by Gasteiger charge is 2.35. The summed E-state index contributed by atoms with van der Waals surface area (Å²) in [7, 11) is -3.51. The van der Waals surface area contributed by atoms with Crippen LogP contribution in [0.5, 0.6) is 0 Å². The predicted molar refractivity (Wildman–Crippen MR) is 65.9 cm³/mol. The van der Waals surface area contributed by atoms with E-state index in [0.29, 0.717) is 17.3 Å². The first-order chi connectivity index (χ1) is 7.93. The Bertz CT molecular complexity index is 561. The SMILES string of the molecule is O=C(O)c1ccc(Br)cc1S(=O)(=O)C1CCC1. The molecule has 0 heterocycles. The Labute approximate surface area is 108 Å². The lowest BCUT2D eigenvalue weighted by Crippen LogP contribution is -2.29. The highest BCUT2D eigenvalue weighted by Crippen LogP contribution is 2.33. The first-order valence-electron chi connectivity index (χ1n) is 5.19. The van der Waals surface area contributed by atoms with Crippen LogP contribution in [0.1, 0.15) is 29.6 Å². The van der Waals surface area contributed by atoms with Gasteiger partial charge >= 0.3 is 5.97 Å². The summed E-state index contributed by atoms with van der Waals surface area (Å²) >= 11 is 3.17. The third-order valence-electron chi connectivity index (χ3n) is 2.97. The molecule has 1 saturated carbocycles. The summed E-state index contributed by atoms with van der Waals surface area (Å²) in [6, 6.07) is 4.22. The molecule has 6 heteroatoms. The smallest absolute Gasteiger partial charge is 0.337 e. The van der Waals surface area contributed by atoms with Gasteiger partial charge < -0.3 is 5.11 Å². The third-order valence-corrected chi connectivity index (χ3v) is 5.76. The van der Waals surface area contributed by atoms with Gasteiger partial charge in [0.15, 0.2) is 9.84 Å². The number of halogens is 1. The first kappa shape index (κ1) is 12.6. The van der Waals surface area contributed by atoms with Crippen molar-refractivity contribution < 1.29 is 18.3 Å². The monoisotopic (exact) mass is 318 g/mol. The first-order valence-corrected chi connectivity index (χ1v) is 7.53. The molecule has 0 aliphatic heterocycles. The average molecular weight is 319 g/mol. The Balaban J connectivity index is 2.56. The molecule has 1 aromatic carbocycles. The molecular weight excluding hydrogens is 308 g/mol. The van der Waals surface area contributed by atoms with Gasteiger partial charge in [-0.15, -0.1) is 0 Å². The molecule has 0 radical (unpaired) electrons. The minimum Gasteiger partial charge on any atom is -0.478 e. The molecule has 0 spiro atoms. The second kappa shape index (κ2) is 4.42. The summed E-state index contributed by atoms with van der Waals surface area (Å²) in [5.74, 6) is -1.21. The average Bonchev–Trinajstić information content (AvgIpc) is 2.13. The fourth-order valence-corrected chi connectivity index (χ4v) is 4.35. The minimum atomic E-state index is -3.51. The van der Waals surface area contributed by atoms with Crippen LogP contribution in [0.15, 0.2) is 27.6 Å². The zero-order valence-corrected chi connectivity index (χ0v) is 11.3. The van der Waals surface area contributed by atoms with Crippen LogP contribution < -0.4 is 0 Å². The third kappa shape index (κ3) is 2.24. The molecule has 1 aromatic rings. The van der Waals surface area contributed by atoms with Crippen LogP contribution in [0, 0.1) is 0 Å². The Morgan fingerprint density at radius 1 is 1.35 bits per heavy atom. The summed E-state index contributed by atoms with van der Waals surface area (Å²) in [5.41, 5.74) is -0.153. The summed E-state index contributed by atoms with van der Waals surface area (Å²) in [6.45, 7) is 0. The second-order valence-electron chi connectivity index (χ2n) is 4.04. The Kier molecular flexibility index (Phi) is 3.27. The maximum absolute atomic E-state index is 12.2. The zero-order valence-electron chi connectivity index (χ0n) is 8.89. The van der Waals surface area contributed by atoms with Crippen LogP contribution in [-0.2, 0) is 9.84 Å². The number of hydrogen-bond donors (Lipinski definition) is 1. The van der Waals surface area contributed by atoms with E-state index in [9.17, 15) is 13.2 Å². The van der Waals surface area contributed by atoms with E-state index in [1.807, 2.05) is 0 Å². The fraction of sp³-hybridized carbons (Fsp3) is 0.364. The number of rotatable bonds is 3. The normalized spacial score (nSPS) is 16.5. The molecule has 1 aliphatic rings. The Hall–Kier alpha value is -0.880. The molecule has 2 rings (SSSR count). The van der Waals surface area contributed by atoms with Crippen molar-refractivity contribution in [2.45, 2.75) is 29.4 Å². The topological polar surface area (TPSA) is 71.4 Å². The van der Waals surface area contributed by atoms with Gasteiger partial charge in [0.05, 0.1) is 15.7 Å². The quantitative estimate of drug-likeness (QED) is 0.929. The highest BCUT2D eigenvalue weighted by molar-refractivity contribution is 9.10. The van der Waals surface area contributed by atoms with Gasteiger partial charge in [0.25, 0.3) is 0 Å². The largest absolute Gasteiger partial charge is 0.478 e. The number of carboxylic acids is 1. The Morgan fingerprint density at radius 2 is 2.00 bits per heavy atom. The molecule has 0 atom stereocenters. The predicted octanol–water partition coefficient (Wildman–Crippen LogP) is 2.47. The summed E-state index contributed by atoms with van der Waals surface area (Å²) in [5, 5.41) is 8.59. The van der Waals surface area contributed by atoms with Crippen molar-refractivity contribution in [1.82, 2.24) is 0 Å². The van der Waals surface area contributed by atoms with E-state index in [2.05, 4.69) is 15.9 Å². The fourth-order valence-electron chi connectivity index (χ4n) is 1.77. The number of sulfone groups is 1. The molecule has 1 N–H and O–H groups in total. The molecule has 17 heavy (non-hydrogen) atoms. The van der Waals surface area contributed by atoms with Crippen LogP contribution in [-0.4, -0.2) is 24.7 Å². The van der Waals surface area contributed by atoms with Crippen molar-refractivity contribution in [3.05, 3.63) is 28.2 Å². The van der Waals surface area contributed by atoms with Gasteiger partial charge in [-0.3, -0.25) is 0 Å². The molecule has 1 aliphatic carbocycles. The van der Waals surface area contributed by atoms with E-state index in [1.54, 1.807) is 0 Å². The van der Waals surface area contributed by atoms with Gasteiger partial charge in [0, 0.05) is 4.47 Å². The van der Waals surface area contributed by atoms with Gasteiger partial charge in [-0.25, -0.2) is 13.2 Å². The Morgan fingerprint density at radius 3 is 2.47 bits per heavy atom. The van der Waals surface area contributed by atoms with Crippen molar-refractivity contribution in [3.63, 3.8) is 0 Å². The van der Waals surface area contributed by atoms with Crippen molar-refractivity contribution in [3.8, 4) is 0 Å². The van der Waals surface area contributed by atoms with Crippen LogP contribution in [0.4, 0.5) is 0 Å². The molecule has 1 fully saturated rings. The van der Waals surface area contributed by atoms with E-state index in [1.165, 1.54) is 18.2 Å². The maximum Gasteiger partial charge on any atom is 0.337 e. The summed E-state index contributed by atoms with van der Waals surface area (Å²) < 4.78 is 25.0. The number of hydrogen-bond acceptors (Lipinski definition) is 3. The van der Waals surface area contributed by atoms with E-state index in [-0.39, 0.29) is 10.5 Å². The summed E-state index contributed by atoms with van der Waals surface area (Å²) in [4.78, 5) is 10.9. The van der Waals surface area contributed by atoms with Crippen molar-refractivity contribution in [2.24, 2.45) is 0 Å². The molecule has 0 saturated heterocycles. The molecule has 0 amide bonds. The van der Waals surface area contributed by atoms with E-state index in [4.69, 9.17) is 5.11 Å². The van der Waals surface area contributed by atoms with Crippen LogP contribution in [0.25, 0.3) is 0 Å². The van der Waals surface area contributed by atoms with Crippen molar-refractivity contribution in [1.29, 1.82) is 0 Å². The maximum atomic E-state index is 12.2. The molecule has 0 aromatic heterocycles. The van der Waals surface area contributed by atoms with Crippen molar-refractivity contribution in [2.75, 3.05) is 0 Å². The van der Waals surface area contributed by atoms with E-state index >= 15 is 0 Å². The van der Waals surface area contributed by atoms with E-state index < -0.39 is 21.1 Å². The molecular formula is C11H11BrO4S. The lowest BCUT2D eigenvalue weighted by molar-refractivity contribution is 0.0692. The van der Waals surface area contributed by atoms with Gasteiger partial charge in [0.2, 0.25) is 0 Å². The molecule has 92 valence electrons. The number of carboxylic acid groups (broad SMARTS) is 1. The lowest BCUT2D eigenvalue weighted by Gasteiger charge is -2.25. The van der Waals surface area contributed by atoms with Gasteiger partial charge in [-0.05, 0) is 31.0 Å². The standard InChI is InChI=1S/C11H11BrO4S/c12-7-4-5-9(11(13)14)10(6-7)17(15,16)8-2-1-3-8/h4-6,8H,1-3H2,(H,13,14). The van der Waals surface area contributed by atoms with Crippen molar-refractivity contribution >= 4 is 31.7 Å². The molecule has 0 bridgehead atoms. The van der Waals surface area contributed by atoms with Crippen LogP contribution in [0.3, 0.4) is 0 Å². The summed E-state index contributed by atoms with van der Waals surface area (Å²) in [6.07, 6.45) is 2.13. The van der Waals surface area contributed by atoms with Gasteiger partial charge in [-0.2, -0.15) is 0 Å². The van der Waals surface area contributed by atoms with E-state index in [0.717, 1.165) is 6.42 Å². The van der Waals surface area contributed by atoms with Gasteiger partial charge in [-0.1, -0.05) is 22.4 Å². The lowest BCUT2D eigenvalue weighted by atomic mass is 10.00. The number of aromatic carboxylic acids is 1. The molecule has 0 unspecified atom stereocenters. The van der Waals surface area contributed by atoms with Crippen LogP contribution in [0.2, 0.25) is 0 Å². The molecule has 4 nitrogen and oxygen atoms in total. The zero-order chi connectivity index (χ0) is 12.6. The minimum absolute atomic E-state index is 0.0796. The number of benzene rings is 1. The van der Waals surface area contributed by atoms with Crippen LogP contribution >= 0.6 is 15.9 Å².